The number of hydrazone groups is 1. The summed E-state index contributed by atoms with van der Waals surface area (Å²) in [6.07, 6.45) is 12.7. The van der Waals surface area contributed by atoms with Crippen molar-refractivity contribution in [1.29, 1.82) is 10.8 Å². The Morgan fingerprint density at radius 3 is 2.52 bits per heavy atom. The standard InChI is InChI=1S/C22H43N5/c1-5-7-8-9-10-19-11-12-26-22(27(25-4)13-6-2)17-20(15-19)16-21(24)14-18(3)23/h19-20,22-24,26H,4-17H2,1-3H3. The van der Waals surface area contributed by atoms with Crippen LogP contribution < -0.4 is 5.32 Å². The average Bonchev–Trinajstić information content (AvgIpc) is 2.59. The van der Waals surface area contributed by atoms with Gasteiger partial charge in [0, 0.05) is 31.1 Å². The fourth-order valence-electron chi connectivity index (χ4n) is 4.35. The molecule has 0 aromatic carbocycles. The minimum absolute atomic E-state index is 0.224. The second kappa shape index (κ2) is 13.9. The molecule has 3 N–H and O–H groups in total. The molecule has 1 fully saturated rings. The molecule has 3 atom stereocenters. The van der Waals surface area contributed by atoms with E-state index in [0.717, 1.165) is 38.3 Å². The lowest BCUT2D eigenvalue weighted by Crippen LogP contribution is -2.46. The first-order valence-corrected chi connectivity index (χ1v) is 11.1. The topological polar surface area (TPSA) is 75.3 Å². The highest BCUT2D eigenvalue weighted by Crippen LogP contribution is 2.30. The Balaban J connectivity index is 2.73. The van der Waals surface area contributed by atoms with Crippen LogP contribution in [0, 0.1) is 22.7 Å². The Labute approximate surface area is 167 Å². The SMILES string of the molecule is C=NN(CCC)C1CC(CC(=N)CC(C)=N)CC(CCCCCC)CCN1. The van der Waals surface area contributed by atoms with Crippen LogP contribution in [-0.2, 0) is 0 Å². The molecule has 0 aromatic heterocycles. The summed E-state index contributed by atoms with van der Waals surface area (Å²) in [5.41, 5.74) is 1.31. The highest BCUT2D eigenvalue weighted by molar-refractivity contribution is 6.00. The second-order valence-corrected chi connectivity index (χ2v) is 8.38. The maximum Gasteiger partial charge on any atom is 0.0966 e. The Morgan fingerprint density at radius 1 is 1.11 bits per heavy atom. The van der Waals surface area contributed by atoms with Crippen LogP contribution in [-0.4, -0.2) is 42.4 Å². The molecule has 0 aromatic rings. The monoisotopic (exact) mass is 377 g/mol. The fraction of sp³-hybridized carbons (Fsp3) is 0.864. The minimum Gasteiger partial charge on any atom is -0.310 e. The molecule has 3 unspecified atom stereocenters. The van der Waals surface area contributed by atoms with Crippen LogP contribution in [0.3, 0.4) is 0 Å². The van der Waals surface area contributed by atoms with Gasteiger partial charge in [0.1, 0.15) is 0 Å². The van der Waals surface area contributed by atoms with Gasteiger partial charge in [0.25, 0.3) is 0 Å². The maximum absolute atomic E-state index is 8.33. The number of hydrogen-bond donors (Lipinski definition) is 3. The number of nitrogens with one attached hydrogen (secondary N) is 3. The van der Waals surface area contributed by atoms with Crippen molar-refractivity contribution < 1.29 is 0 Å². The molecule has 0 radical (unpaired) electrons. The quantitative estimate of drug-likeness (QED) is 0.226. The normalized spacial score (nSPS) is 23.3. The summed E-state index contributed by atoms with van der Waals surface area (Å²) in [5, 5.41) is 26.1. The van der Waals surface area contributed by atoms with Gasteiger partial charge in [0.2, 0.25) is 0 Å². The van der Waals surface area contributed by atoms with Crippen LogP contribution in [0.4, 0.5) is 0 Å². The van der Waals surface area contributed by atoms with E-state index in [1.807, 2.05) is 0 Å². The van der Waals surface area contributed by atoms with E-state index in [1.54, 1.807) is 6.92 Å². The van der Waals surface area contributed by atoms with E-state index >= 15 is 0 Å². The van der Waals surface area contributed by atoms with Crippen molar-refractivity contribution in [3.63, 3.8) is 0 Å². The molecule has 1 heterocycles. The smallest absolute Gasteiger partial charge is 0.0966 e. The second-order valence-electron chi connectivity index (χ2n) is 8.38. The zero-order valence-corrected chi connectivity index (χ0v) is 18.0. The number of rotatable bonds is 13. The summed E-state index contributed by atoms with van der Waals surface area (Å²) in [5.74, 6) is 1.25. The van der Waals surface area contributed by atoms with E-state index in [-0.39, 0.29) is 6.17 Å². The van der Waals surface area contributed by atoms with E-state index < -0.39 is 0 Å². The molecule has 0 amide bonds. The van der Waals surface area contributed by atoms with Gasteiger partial charge in [-0.2, -0.15) is 5.10 Å². The van der Waals surface area contributed by atoms with Gasteiger partial charge in [-0.3, -0.25) is 10.3 Å². The minimum atomic E-state index is 0.224. The van der Waals surface area contributed by atoms with E-state index in [4.69, 9.17) is 10.8 Å². The molecule has 1 aliphatic rings. The van der Waals surface area contributed by atoms with Gasteiger partial charge in [0.15, 0.2) is 0 Å². The van der Waals surface area contributed by atoms with Crippen molar-refractivity contribution in [2.45, 2.75) is 97.6 Å². The molecule has 5 heteroatoms. The summed E-state index contributed by atoms with van der Waals surface area (Å²) in [7, 11) is 0. The molecule has 27 heavy (non-hydrogen) atoms. The van der Waals surface area contributed by atoms with Crippen molar-refractivity contribution in [2.24, 2.45) is 16.9 Å². The molecule has 1 saturated heterocycles. The van der Waals surface area contributed by atoms with Crippen LogP contribution in [0.2, 0.25) is 0 Å². The van der Waals surface area contributed by atoms with Crippen molar-refractivity contribution in [2.75, 3.05) is 13.1 Å². The predicted octanol–water partition coefficient (Wildman–Crippen LogP) is 5.46. The van der Waals surface area contributed by atoms with Crippen LogP contribution >= 0.6 is 0 Å². The third-order valence-corrected chi connectivity index (χ3v) is 5.63. The Morgan fingerprint density at radius 2 is 1.89 bits per heavy atom. The summed E-state index contributed by atoms with van der Waals surface area (Å²) >= 11 is 0. The molecule has 1 aliphatic heterocycles. The van der Waals surface area contributed by atoms with Gasteiger partial charge in [-0.25, -0.2) is 0 Å². The van der Waals surface area contributed by atoms with Crippen LogP contribution in [0.15, 0.2) is 5.10 Å². The summed E-state index contributed by atoms with van der Waals surface area (Å²) in [4.78, 5) is 0. The van der Waals surface area contributed by atoms with E-state index in [1.165, 1.54) is 44.9 Å². The van der Waals surface area contributed by atoms with Crippen LogP contribution in [0.1, 0.15) is 91.4 Å². The van der Waals surface area contributed by atoms with Crippen LogP contribution in [0.25, 0.3) is 0 Å². The van der Waals surface area contributed by atoms with Crippen molar-refractivity contribution >= 4 is 18.1 Å². The van der Waals surface area contributed by atoms with Gasteiger partial charge in [0.05, 0.1) is 6.17 Å². The Kier molecular flexibility index (Phi) is 12.2. The lowest BCUT2D eigenvalue weighted by atomic mass is 9.81. The first kappa shape index (κ1) is 23.8. The number of nitrogens with zero attached hydrogens (tertiary/aromatic N) is 2. The molecule has 0 saturated carbocycles. The molecular formula is C22H43N5. The first-order valence-electron chi connectivity index (χ1n) is 11.1. The van der Waals surface area contributed by atoms with Gasteiger partial charge in [-0.1, -0.05) is 46.0 Å². The van der Waals surface area contributed by atoms with Gasteiger partial charge in [-0.15, -0.1) is 0 Å². The molecule has 5 nitrogen and oxygen atoms in total. The predicted molar refractivity (Wildman–Crippen MR) is 118 cm³/mol. The summed E-state index contributed by atoms with van der Waals surface area (Å²) in [6, 6.07) is 0. The van der Waals surface area contributed by atoms with Gasteiger partial charge in [-0.05, 0) is 57.4 Å². The van der Waals surface area contributed by atoms with Gasteiger partial charge >= 0.3 is 0 Å². The lowest BCUT2D eigenvalue weighted by molar-refractivity contribution is 0.122. The zero-order chi connectivity index (χ0) is 20.1. The van der Waals surface area contributed by atoms with Crippen LogP contribution in [0.5, 0.6) is 0 Å². The highest BCUT2D eigenvalue weighted by atomic mass is 15.5. The third kappa shape index (κ3) is 10.0. The molecule has 0 aliphatic carbocycles. The average molecular weight is 378 g/mol. The Hall–Kier alpha value is -1.23. The molecule has 156 valence electrons. The van der Waals surface area contributed by atoms with Crippen molar-refractivity contribution in [3.8, 4) is 0 Å². The number of unbranched alkanes of at least 4 members (excludes halogenated alkanes) is 3. The van der Waals surface area contributed by atoms with Crippen molar-refractivity contribution in [3.05, 3.63) is 0 Å². The van der Waals surface area contributed by atoms with E-state index in [2.05, 4.69) is 36.0 Å². The largest absolute Gasteiger partial charge is 0.310 e. The van der Waals surface area contributed by atoms with Crippen molar-refractivity contribution in [1.82, 2.24) is 10.3 Å². The van der Waals surface area contributed by atoms with E-state index in [9.17, 15) is 0 Å². The fourth-order valence-corrected chi connectivity index (χ4v) is 4.35. The zero-order valence-electron chi connectivity index (χ0n) is 18.0. The maximum atomic E-state index is 8.33. The lowest BCUT2D eigenvalue weighted by Gasteiger charge is -2.36. The summed E-state index contributed by atoms with van der Waals surface area (Å²) < 4.78 is 0. The summed E-state index contributed by atoms with van der Waals surface area (Å²) in [6.45, 7) is 12.0. The number of hydrogen-bond acceptors (Lipinski definition) is 5. The molecular weight excluding hydrogens is 334 g/mol. The highest BCUT2D eigenvalue weighted by Gasteiger charge is 2.27. The molecule has 0 bridgehead atoms. The van der Waals surface area contributed by atoms with E-state index in [0.29, 0.717) is 23.8 Å². The molecule has 1 rings (SSSR count). The third-order valence-electron chi connectivity index (χ3n) is 5.63. The Bertz CT molecular complexity index is 448. The van der Waals surface area contributed by atoms with Gasteiger partial charge < -0.3 is 10.8 Å². The first-order chi connectivity index (χ1) is 13.0. The molecule has 0 spiro atoms.